The molecule has 0 saturated carbocycles. The minimum Gasteiger partial charge on any atom is -0.381 e. The Morgan fingerprint density at radius 3 is 2.52 bits per heavy atom. The van der Waals surface area contributed by atoms with Crippen molar-refractivity contribution in [2.24, 2.45) is 5.92 Å². The molecule has 2 aliphatic rings. The largest absolute Gasteiger partial charge is 0.381 e. The van der Waals surface area contributed by atoms with Crippen molar-refractivity contribution in [3.8, 4) is 11.4 Å². The van der Waals surface area contributed by atoms with E-state index < -0.39 is 0 Å². The van der Waals surface area contributed by atoms with Gasteiger partial charge in [0.25, 0.3) is 0 Å². The number of hydrogen-bond donors (Lipinski definition) is 1. The number of rotatable bonds is 5. The summed E-state index contributed by atoms with van der Waals surface area (Å²) in [6.07, 6.45) is 3.51. The van der Waals surface area contributed by atoms with Crippen molar-refractivity contribution in [3.63, 3.8) is 0 Å². The molecule has 5 nitrogen and oxygen atoms in total. The van der Waals surface area contributed by atoms with Crippen LogP contribution in [-0.2, 0) is 4.74 Å². The van der Waals surface area contributed by atoms with Gasteiger partial charge < -0.3 is 15.0 Å². The first kappa shape index (κ1) is 18.5. The number of nitrogens with one attached hydrogen (secondary N) is 1. The summed E-state index contributed by atoms with van der Waals surface area (Å²) in [6.45, 7) is 5.34. The maximum absolute atomic E-state index is 5.53. The Bertz CT molecular complexity index is 948. The van der Waals surface area contributed by atoms with Gasteiger partial charge in [-0.3, -0.25) is 0 Å². The average Bonchev–Trinajstić information content (AvgIpc) is 3.29. The van der Waals surface area contributed by atoms with Gasteiger partial charge in [-0.05, 0) is 37.3 Å². The highest BCUT2D eigenvalue weighted by molar-refractivity contribution is 5.90. The van der Waals surface area contributed by atoms with Crippen molar-refractivity contribution in [2.45, 2.75) is 25.3 Å². The third-order valence-corrected chi connectivity index (χ3v) is 6.10. The molecule has 1 unspecified atom stereocenters. The molecule has 0 spiro atoms. The first-order chi connectivity index (χ1) is 14.3. The lowest BCUT2D eigenvalue weighted by Crippen LogP contribution is -2.41. The number of benzene rings is 2. The van der Waals surface area contributed by atoms with Gasteiger partial charge in [-0.15, -0.1) is 0 Å². The van der Waals surface area contributed by atoms with Crippen molar-refractivity contribution >= 4 is 16.7 Å². The lowest BCUT2D eigenvalue weighted by Gasteiger charge is -2.34. The number of anilines is 1. The van der Waals surface area contributed by atoms with Gasteiger partial charge in [0.2, 0.25) is 0 Å². The third kappa shape index (κ3) is 4.26. The Kier molecular flexibility index (Phi) is 5.41. The molecule has 1 aromatic heterocycles. The van der Waals surface area contributed by atoms with Crippen LogP contribution < -0.4 is 5.32 Å². The summed E-state index contributed by atoms with van der Waals surface area (Å²) in [5.74, 6) is 2.46. The predicted octanol–water partition coefficient (Wildman–Crippen LogP) is 4.21. The van der Waals surface area contributed by atoms with Crippen LogP contribution in [0.3, 0.4) is 0 Å². The van der Waals surface area contributed by atoms with Crippen LogP contribution in [0.25, 0.3) is 22.3 Å². The van der Waals surface area contributed by atoms with Gasteiger partial charge in [-0.1, -0.05) is 42.5 Å². The Labute approximate surface area is 172 Å². The second-order valence-electron chi connectivity index (χ2n) is 8.23. The molecule has 0 aliphatic carbocycles. The molecular formula is C24H28N4O. The molecule has 3 aromatic rings. The van der Waals surface area contributed by atoms with E-state index >= 15 is 0 Å². The van der Waals surface area contributed by atoms with E-state index in [2.05, 4.69) is 40.5 Å². The van der Waals surface area contributed by atoms with E-state index in [1.165, 1.54) is 13.0 Å². The summed E-state index contributed by atoms with van der Waals surface area (Å²) in [6, 6.07) is 19.0. The van der Waals surface area contributed by atoms with E-state index in [4.69, 9.17) is 14.7 Å². The van der Waals surface area contributed by atoms with Crippen LogP contribution in [0.1, 0.15) is 19.3 Å². The van der Waals surface area contributed by atoms with Crippen molar-refractivity contribution in [2.75, 3.05) is 38.2 Å². The first-order valence-corrected chi connectivity index (χ1v) is 10.7. The zero-order valence-electron chi connectivity index (χ0n) is 16.8. The van der Waals surface area contributed by atoms with Crippen LogP contribution in [0.4, 0.5) is 5.82 Å². The summed E-state index contributed by atoms with van der Waals surface area (Å²) < 4.78 is 5.53. The van der Waals surface area contributed by atoms with Crippen LogP contribution >= 0.6 is 0 Å². The monoisotopic (exact) mass is 388 g/mol. The molecule has 5 rings (SSSR count). The lowest BCUT2D eigenvalue weighted by molar-refractivity contribution is 0.154. The molecule has 5 heteroatoms. The van der Waals surface area contributed by atoms with Gasteiger partial charge >= 0.3 is 0 Å². The molecule has 2 fully saturated rings. The van der Waals surface area contributed by atoms with E-state index in [0.29, 0.717) is 6.04 Å². The summed E-state index contributed by atoms with van der Waals surface area (Å²) in [4.78, 5) is 12.3. The Hall–Kier alpha value is -2.50. The number of piperidine rings is 1. The molecule has 2 aromatic carbocycles. The first-order valence-electron chi connectivity index (χ1n) is 10.7. The third-order valence-electron chi connectivity index (χ3n) is 6.10. The maximum Gasteiger partial charge on any atom is 0.162 e. The van der Waals surface area contributed by atoms with Crippen LogP contribution in [0.2, 0.25) is 0 Å². The van der Waals surface area contributed by atoms with Gasteiger partial charge in [0, 0.05) is 43.2 Å². The number of likely N-dealkylation sites (tertiary alicyclic amines) is 1. The fraction of sp³-hybridized carbons (Fsp3) is 0.417. The normalized spacial score (nSPS) is 20.9. The second-order valence-corrected chi connectivity index (χ2v) is 8.23. The summed E-state index contributed by atoms with van der Waals surface area (Å²) >= 11 is 0. The predicted molar refractivity (Wildman–Crippen MR) is 117 cm³/mol. The molecular weight excluding hydrogens is 360 g/mol. The van der Waals surface area contributed by atoms with E-state index in [-0.39, 0.29) is 0 Å². The quantitative estimate of drug-likeness (QED) is 0.710. The number of nitrogens with zero attached hydrogens (tertiary/aromatic N) is 3. The number of para-hydroxylation sites is 1. The smallest absolute Gasteiger partial charge is 0.162 e. The van der Waals surface area contributed by atoms with E-state index in [1.54, 1.807) is 0 Å². The molecule has 0 bridgehead atoms. The SMILES string of the molecule is c1ccc(-c2nc(NC3CCN(CC4CCOC4)CC3)c3ccccc3n2)cc1. The Morgan fingerprint density at radius 2 is 1.72 bits per heavy atom. The molecule has 1 N–H and O–H groups in total. The summed E-state index contributed by atoms with van der Waals surface area (Å²) in [7, 11) is 0. The summed E-state index contributed by atoms with van der Waals surface area (Å²) in [5, 5.41) is 4.84. The number of fused-ring (bicyclic) bond motifs is 1. The molecule has 29 heavy (non-hydrogen) atoms. The minimum absolute atomic E-state index is 0.452. The Morgan fingerprint density at radius 1 is 0.931 bits per heavy atom. The van der Waals surface area contributed by atoms with Gasteiger partial charge in [0.1, 0.15) is 5.82 Å². The highest BCUT2D eigenvalue weighted by Crippen LogP contribution is 2.27. The summed E-state index contributed by atoms with van der Waals surface area (Å²) in [5.41, 5.74) is 2.04. The van der Waals surface area contributed by atoms with Crippen LogP contribution in [0.5, 0.6) is 0 Å². The fourth-order valence-electron chi connectivity index (χ4n) is 4.45. The van der Waals surface area contributed by atoms with Crippen molar-refractivity contribution in [1.82, 2.24) is 14.9 Å². The molecule has 2 saturated heterocycles. The number of hydrogen-bond acceptors (Lipinski definition) is 5. The lowest BCUT2D eigenvalue weighted by atomic mass is 10.0. The van der Waals surface area contributed by atoms with E-state index in [0.717, 1.165) is 73.2 Å². The minimum atomic E-state index is 0.452. The van der Waals surface area contributed by atoms with Gasteiger partial charge in [0.15, 0.2) is 5.82 Å². The van der Waals surface area contributed by atoms with Gasteiger partial charge in [-0.2, -0.15) is 0 Å². The molecule has 2 aliphatic heterocycles. The molecule has 3 heterocycles. The van der Waals surface area contributed by atoms with Crippen molar-refractivity contribution in [1.29, 1.82) is 0 Å². The number of ether oxygens (including phenoxy) is 1. The zero-order valence-corrected chi connectivity index (χ0v) is 16.8. The van der Waals surface area contributed by atoms with Crippen molar-refractivity contribution in [3.05, 3.63) is 54.6 Å². The molecule has 1 atom stereocenters. The van der Waals surface area contributed by atoms with Gasteiger partial charge in [-0.25, -0.2) is 9.97 Å². The van der Waals surface area contributed by atoms with Crippen LogP contribution in [0.15, 0.2) is 54.6 Å². The highest BCUT2D eigenvalue weighted by Gasteiger charge is 2.24. The van der Waals surface area contributed by atoms with E-state index in [9.17, 15) is 0 Å². The average molecular weight is 389 g/mol. The van der Waals surface area contributed by atoms with Crippen LogP contribution in [-0.4, -0.2) is 53.8 Å². The number of aromatic nitrogens is 2. The van der Waals surface area contributed by atoms with Crippen molar-refractivity contribution < 1.29 is 4.74 Å². The topological polar surface area (TPSA) is 50.3 Å². The second kappa shape index (κ2) is 8.47. The van der Waals surface area contributed by atoms with Crippen LogP contribution in [0, 0.1) is 5.92 Å². The molecule has 0 amide bonds. The molecule has 150 valence electrons. The zero-order chi connectivity index (χ0) is 19.5. The Balaban J connectivity index is 1.32. The standard InChI is InChI=1S/C24H28N4O/c1-2-6-19(7-3-1)23-26-22-9-5-4-8-21(22)24(27-23)25-20-10-13-28(14-11-20)16-18-12-15-29-17-18/h1-9,18,20H,10-17H2,(H,25,26,27). The molecule has 0 radical (unpaired) electrons. The highest BCUT2D eigenvalue weighted by atomic mass is 16.5. The van der Waals surface area contributed by atoms with Gasteiger partial charge in [0.05, 0.1) is 12.1 Å². The van der Waals surface area contributed by atoms with E-state index in [1.807, 2.05) is 24.3 Å². The maximum atomic E-state index is 5.53. The fourth-order valence-corrected chi connectivity index (χ4v) is 4.45.